The summed E-state index contributed by atoms with van der Waals surface area (Å²) in [6.07, 6.45) is -4.44. The summed E-state index contributed by atoms with van der Waals surface area (Å²) in [5.41, 5.74) is 1.28. The molecule has 3 aromatic carbocycles. The third-order valence-corrected chi connectivity index (χ3v) is 6.58. The molecule has 0 bridgehead atoms. The van der Waals surface area contributed by atoms with Crippen molar-refractivity contribution in [3.63, 3.8) is 0 Å². The number of rotatable bonds is 8. The van der Waals surface area contributed by atoms with Gasteiger partial charge in [0.25, 0.3) is 5.91 Å². The van der Waals surface area contributed by atoms with E-state index in [0.29, 0.717) is 40.8 Å². The van der Waals surface area contributed by atoms with Gasteiger partial charge in [-0.3, -0.25) is 9.69 Å². The Hall–Kier alpha value is -3.96. The molecule has 1 aliphatic rings. The van der Waals surface area contributed by atoms with E-state index in [4.69, 9.17) is 9.47 Å². The number of aromatic nitrogens is 1. The monoisotopic (exact) mass is 543 g/mol. The lowest BCUT2D eigenvalue weighted by molar-refractivity contribution is -0.137. The van der Waals surface area contributed by atoms with Crippen LogP contribution in [0, 0.1) is 5.82 Å². The van der Waals surface area contributed by atoms with Crippen LogP contribution in [0.4, 0.5) is 23.2 Å². The molecule has 0 spiro atoms. The molecule has 1 aliphatic heterocycles. The second-order valence-corrected chi connectivity index (χ2v) is 9.56. The van der Waals surface area contributed by atoms with Crippen molar-refractivity contribution in [1.29, 1.82) is 0 Å². The van der Waals surface area contributed by atoms with Crippen LogP contribution in [-0.4, -0.2) is 22.6 Å². The van der Waals surface area contributed by atoms with Crippen LogP contribution in [0.2, 0.25) is 0 Å². The Bertz CT molecular complexity index is 1440. The number of hydrogen-bond acceptors (Lipinski definition) is 6. The molecule has 1 N–H and O–H groups in total. The van der Waals surface area contributed by atoms with E-state index in [-0.39, 0.29) is 19.0 Å². The van der Waals surface area contributed by atoms with Crippen LogP contribution in [0.3, 0.4) is 0 Å². The summed E-state index contributed by atoms with van der Waals surface area (Å²) in [6, 6.07) is 16.1. The van der Waals surface area contributed by atoms with Gasteiger partial charge in [-0.2, -0.15) is 13.2 Å². The number of nitrogens with one attached hydrogen (secondary N) is 1. The maximum absolute atomic E-state index is 13.3. The van der Waals surface area contributed by atoms with E-state index in [1.54, 1.807) is 17.5 Å². The van der Waals surface area contributed by atoms with Gasteiger partial charge in [0.05, 0.1) is 12.1 Å². The summed E-state index contributed by atoms with van der Waals surface area (Å²) >= 11 is 1.27. The molecule has 0 aliphatic carbocycles. The predicted molar refractivity (Wildman–Crippen MR) is 133 cm³/mol. The van der Waals surface area contributed by atoms with Gasteiger partial charge in [-0.1, -0.05) is 24.3 Å². The third-order valence-electron chi connectivity index (χ3n) is 5.75. The zero-order chi connectivity index (χ0) is 26.7. The first-order valence-electron chi connectivity index (χ1n) is 11.5. The van der Waals surface area contributed by atoms with E-state index >= 15 is 0 Å². The highest BCUT2D eigenvalue weighted by Gasteiger charge is 2.30. The number of thiazole rings is 1. The van der Waals surface area contributed by atoms with Gasteiger partial charge in [0, 0.05) is 24.2 Å². The normalized spacial score (nSPS) is 12.7. The molecule has 0 atom stereocenters. The molecule has 1 amide bonds. The zero-order valence-electron chi connectivity index (χ0n) is 19.8. The first kappa shape index (κ1) is 25.7. The minimum absolute atomic E-state index is 0.134. The summed E-state index contributed by atoms with van der Waals surface area (Å²) in [6.45, 7) is 1.03. The van der Waals surface area contributed by atoms with Crippen LogP contribution in [0.1, 0.15) is 32.2 Å². The maximum atomic E-state index is 13.3. The van der Waals surface area contributed by atoms with Crippen LogP contribution in [-0.2, 0) is 25.8 Å². The Morgan fingerprint density at radius 1 is 0.947 bits per heavy atom. The molecule has 11 heteroatoms. The van der Waals surface area contributed by atoms with Crippen LogP contribution in [0.5, 0.6) is 11.5 Å². The lowest BCUT2D eigenvalue weighted by atomic mass is 10.1. The van der Waals surface area contributed by atoms with Crippen LogP contribution in [0.15, 0.2) is 72.1 Å². The van der Waals surface area contributed by atoms with Gasteiger partial charge in [0.1, 0.15) is 16.5 Å². The highest BCUT2D eigenvalue weighted by Crippen LogP contribution is 2.33. The number of anilines is 1. The van der Waals surface area contributed by atoms with Crippen molar-refractivity contribution in [2.45, 2.75) is 25.8 Å². The highest BCUT2D eigenvalue weighted by molar-refractivity contribution is 7.09. The highest BCUT2D eigenvalue weighted by atomic mass is 32.1. The minimum atomic E-state index is -4.44. The summed E-state index contributed by atoms with van der Waals surface area (Å²) in [5, 5.41) is 4.89. The summed E-state index contributed by atoms with van der Waals surface area (Å²) < 4.78 is 63.8. The predicted octanol–water partition coefficient (Wildman–Crippen LogP) is 6.48. The molecule has 0 unspecified atom stereocenters. The van der Waals surface area contributed by atoms with Gasteiger partial charge in [0.15, 0.2) is 11.5 Å². The van der Waals surface area contributed by atoms with E-state index in [9.17, 15) is 22.4 Å². The van der Waals surface area contributed by atoms with Gasteiger partial charge in [-0.25, -0.2) is 9.37 Å². The standard InChI is InChI=1S/C27H21F4N3O3S/c28-20-5-7-21(8-6-20)32-26(35)22-15-38-25(33-22)14-34(12-17-2-1-3-19(10-17)27(29,30)31)13-18-4-9-23-24(11-18)37-16-36-23/h1-11,15H,12-14,16H2,(H,32,35). The largest absolute Gasteiger partial charge is 0.454 e. The Kier molecular flexibility index (Phi) is 7.30. The fourth-order valence-electron chi connectivity index (χ4n) is 3.98. The number of benzene rings is 3. The summed E-state index contributed by atoms with van der Waals surface area (Å²) in [7, 11) is 0. The SMILES string of the molecule is O=C(Nc1ccc(F)cc1)c1csc(CN(Cc2cccc(C(F)(F)F)c2)Cc2ccc3c(c2)OCO3)n1. The molecule has 0 radical (unpaired) electrons. The molecule has 196 valence electrons. The van der Waals surface area contributed by atoms with E-state index in [2.05, 4.69) is 10.3 Å². The van der Waals surface area contributed by atoms with Gasteiger partial charge in [0.2, 0.25) is 6.79 Å². The molecule has 4 aromatic rings. The number of ether oxygens (including phenoxy) is 2. The van der Waals surface area contributed by atoms with Gasteiger partial charge < -0.3 is 14.8 Å². The van der Waals surface area contributed by atoms with E-state index in [1.807, 2.05) is 17.0 Å². The Morgan fingerprint density at radius 3 is 2.45 bits per heavy atom. The number of carbonyl (C=O) groups excluding carboxylic acids is 1. The Balaban J connectivity index is 1.34. The van der Waals surface area contributed by atoms with Crippen molar-refractivity contribution in [3.05, 3.63) is 105 Å². The lowest BCUT2D eigenvalue weighted by Gasteiger charge is -2.22. The number of halogens is 4. The Labute approximate surface area is 219 Å². The van der Waals surface area contributed by atoms with E-state index < -0.39 is 23.5 Å². The van der Waals surface area contributed by atoms with Crippen molar-refractivity contribution in [1.82, 2.24) is 9.88 Å². The molecule has 0 saturated heterocycles. The van der Waals surface area contributed by atoms with Gasteiger partial charge in [-0.15, -0.1) is 11.3 Å². The lowest BCUT2D eigenvalue weighted by Crippen LogP contribution is -2.23. The second kappa shape index (κ2) is 10.8. The number of amides is 1. The number of carbonyl (C=O) groups is 1. The molecule has 0 saturated carbocycles. The average Bonchev–Trinajstić information content (AvgIpc) is 3.54. The topological polar surface area (TPSA) is 63.7 Å². The molecule has 1 aromatic heterocycles. The molecule has 6 nitrogen and oxygen atoms in total. The van der Waals surface area contributed by atoms with Crippen molar-refractivity contribution in [2.75, 3.05) is 12.1 Å². The molecule has 0 fully saturated rings. The fraction of sp³-hybridized carbons (Fsp3) is 0.185. The quantitative estimate of drug-likeness (QED) is 0.258. The number of fused-ring (bicyclic) bond motifs is 1. The van der Waals surface area contributed by atoms with Gasteiger partial charge >= 0.3 is 6.18 Å². The smallest absolute Gasteiger partial charge is 0.416 e. The molecule has 5 rings (SSSR count). The molecule has 38 heavy (non-hydrogen) atoms. The number of hydrogen-bond donors (Lipinski definition) is 1. The zero-order valence-corrected chi connectivity index (χ0v) is 20.6. The first-order chi connectivity index (χ1) is 18.2. The first-order valence-corrected chi connectivity index (χ1v) is 12.4. The van der Waals surface area contributed by atoms with Crippen molar-refractivity contribution >= 4 is 22.9 Å². The van der Waals surface area contributed by atoms with Crippen molar-refractivity contribution in [2.24, 2.45) is 0 Å². The summed E-state index contributed by atoms with van der Waals surface area (Å²) in [4.78, 5) is 19.0. The number of nitrogens with zero attached hydrogens (tertiary/aromatic N) is 2. The minimum Gasteiger partial charge on any atom is -0.454 e. The van der Waals surface area contributed by atoms with Crippen molar-refractivity contribution in [3.8, 4) is 11.5 Å². The van der Waals surface area contributed by atoms with Crippen LogP contribution < -0.4 is 14.8 Å². The fourth-order valence-corrected chi connectivity index (χ4v) is 4.79. The van der Waals surface area contributed by atoms with Gasteiger partial charge in [-0.05, 0) is 53.6 Å². The van der Waals surface area contributed by atoms with E-state index in [0.717, 1.165) is 17.7 Å². The van der Waals surface area contributed by atoms with Crippen LogP contribution >= 0.6 is 11.3 Å². The number of alkyl halides is 3. The third kappa shape index (κ3) is 6.29. The summed E-state index contributed by atoms with van der Waals surface area (Å²) in [5.74, 6) is 0.381. The molecular weight excluding hydrogens is 522 g/mol. The molecular formula is C27H21F4N3O3S. The maximum Gasteiger partial charge on any atom is 0.416 e. The second-order valence-electron chi connectivity index (χ2n) is 8.62. The van der Waals surface area contributed by atoms with E-state index in [1.165, 1.54) is 41.7 Å². The van der Waals surface area contributed by atoms with Crippen molar-refractivity contribution < 1.29 is 31.8 Å². The van der Waals surface area contributed by atoms with Crippen LogP contribution in [0.25, 0.3) is 0 Å². The molecule has 2 heterocycles. The Morgan fingerprint density at radius 2 is 1.68 bits per heavy atom. The average molecular weight is 544 g/mol.